The SMILES string of the molecule is Cc1noc(C2CCNCC2)c1CN. The molecular formula is C10H17N3O. The van der Waals surface area contributed by atoms with Gasteiger partial charge in [0.05, 0.1) is 5.69 Å². The van der Waals surface area contributed by atoms with Crippen LogP contribution in [0.1, 0.15) is 35.8 Å². The molecule has 14 heavy (non-hydrogen) atoms. The van der Waals surface area contributed by atoms with Crippen LogP contribution in [-0.4, -0.2) is 18.2 Å². The highest BCUT2D eigenvalue weighted by atomic mass is 16.5. The molecule has 1 aromatic rings. The normalized spacial score (nSPS) is 18.7. The monoisotopic (exact) mass is 195 g/mol. The summed E-state index contributed by atoms with van der Waals surface area (Å²) in [7, 11) is 0. The van der Waals surface area contributed by atoms with Crippen LogP contribution in [0.4, 0.5) is 0 Å². The Morgan fingerprint density at radius 3 is 2.86 bits per heavy atom. The zero-order valence-electron chi connectivity index (χ0n) is 8.55. The number of aryl methyl sites for hydroxylation is 1. The Kier molecular flexibility index (Phi) is 2.84. The maximum Gasteiger partial charge on any atom is 0.144 e. The van der Waals surface area contributed by atoms with E-state index in [0.717, 1.165) is 42.9 Å². The van der Waals surface area contributed by atoms with E-state index in [0.29, 0.717) is 12.5 Å². The zero-order valence-corrected chi connectivity index (χ0v) is 8.55. The zero-order chi connectivity index (χ0) is 9.97. The summed E-state index contributed by atoms with van der Waals surface area (Å²) in [6.45, 7) is 4.62. The summed E-state index contributed by atoms with van der Waals surface area (Å²) in [5.41, 5.74) is 7.74. The molecule has 1 saturated heterocycles. The second kappa shape index (κ2) is 4.11. The molecule has 0 amide bonds. The molecule has 0 atom stereocenters. The first-order valence-corrected chi connectivity index (χ1v) is 5.18. The van der Waals surface area contributed by atoms with E-state index in [1.54, 1.807) is 0 Å². The Bertz CT molecular complexity index is 302. The molecule has 0 radical (unpaired) electrons. The van der Waals surface area contributed by atoms with Crippen LogP contribution < -0.4 is 11.1 Å². The third-order valence-electron chi connectivity index (χ3n) is 2.93. The Balaban J connectivity index is 2.21. The first-order chi connectivity index (χ1) is 6.83. The highest BCUT2D eigenvalue weighted by Gasteiger charge is 2.23. The molecule has 78 valence electrons. The predicted molar refractivity (Wildman–Crippen MR) is 54.0 cm³/mol. The van der Waals surface area contributed by atoms with Crippen LogP contribution in [0.2, 0.25) is 0 Å². The topological polar surface area (TPSA) is 64.1 Å². The smallest absolute Gasteiger partial charge is 0.144 e. The lowest BCUT2D eigenvalue weighted by Crippen LogP contribution is -2.27. The Morgan fingerprint density at radius 1 is 1.50 bits per heavy atom. The van der Waals surface area contributed by atoms with Crippen molar-refractivity contribution in [2.75, 3.05) is 13.1 Å². The summed E-state index contributed by atoms with van der Waals surface area (Å²) in [5, 5.41) is 7.32. The summed E-state index contributed by atoms with van der Waals surface area (Å²) >= 11 is 0. The average Bonchev–Trinajstić information content (AvgIpc) is 2.61. The van der Waals surface area contributed by atoms with E-state index in [2.05, 4.69) is 10.5 Å². The highest BCUT2D eigenvalue weighted by molar-refractivity contribution is 5.25. The molecule has 1 fully saturated rings. The fourth-order valence-electron chi connectivity index (χ4n) is 2.06. The predicted octanol–water partition coefficient (Wildman–Crippen LogP) is 0.909. The van der Waals surface area contributed by atoms with Gasteiger partial charge in [-0.15, -0.1) is 0 Å². The fraction of sp³-hybridized carbons (Fsp3) is 0.700. The first kappa shape index (κ1) is 9.68. The van der Waals surface area contributed by atoms with E-state index in [-0.39, 0.29) is 0 Å². The van der Waals surface area contributed by atoms with Crippen LogP contribution in [0.25, 0.3) is 0 Å². The molecule has 0 spiro atoms. The minimum absolute atomic E-state index is 0.510. The minimum Gasteiger partial charge on any atom is -0.361 e. The number of aromatic nitrogens is 1. The van der Waals surface area contributed by atoms with E-state index in [9.17, 15) is 0 Å². The van der Waals surface area contributed by atoms with Crippen molar-refractivity contribution in [3.8, 4) is 0 Å². The molecule has 0 aromatic carbocycles. The number of hydrogen-bond donors (Lipinski definition) is 2. The molecule has 1 aromatic heterocycles. The molecule has 2 rings (SSSR count). The van der Waals surface area contributed by atoms with Crippen molar-refractivity contribution in [1.82, 2.24) is 10.5 Å². The Hall–Kier alpha value is -0.870. The Morgan fingerprint density at radius 2 is 2.21 bits per heavy atom. The van der Waals surface area contributed by atoms with Gasteiger partial charge >= 0.3 is 0 Å². The maximum atomic E-state index is 5.69. The molecule has 0 aliphatic carbocycles. The number of nitrogens with two attached hydrogens (primary N) is 1. The van der Waals surface area contributed by atoms with Gasteiger partial charge in [0.1, 0.15) is 5.76 Å². The second-order valence-electron chi connectivity index (χ2n) is 3.84. The summed E-state index contributed by atoms with van der Waals surface area (Å²) in [5.74, 6) is 1.53. The first-order valence-electron chi connectivity index (χ1n) is 5.18. The fourth-order valence-corrected chi connectivity index (χ4v) is 2.06. The molecule has 0 bridgehead atoms. The number of piperidine rings is 1. The lowest BCUT2D eigenvalue weighted by molar-refractivity contribution is 0.324. The quantitative estimate of drug-likeness (QED) is 0.736. The standard InChI is InChI=1S/C10H17N3O/c1-7-9(6-11)10(14-13-7)8-2-4-12-5-3-8/h8,12H,2-6,11H2,1H3. The van der Waals surface area contributed by atoms with E-state index in [1.165, 1.54) is 0 Å². The Labute approximate surface area is 83.8 Å². The summed E-state index contributed by atoms with van der Waals surface area (Å²) in [6.07, 6.45) is 2.25. The van der Waals surface area contributed by atoms with Crippen LogP contribution in [0.3, 0.4) is 0 Å². The largest absolute Gasteiger partial charge is 0.361 e. The van der Waals surface area contributed by atoms with Gasteiger partial charge in [0.2, 0.25) is 0 Å². The number of nitrogens with zero attached hydrogens (tertiary/aromatic N) is 1. The number of rotatable bonds is 2. The number of nitrogens with one attached hydrogen (secondary N) is 1. The molecule has 2 heterocycles. The van der Waals surface area contributed by atoms with Gasteiger partial charge in [0, 0.05) is 18.0 Å². The van der Waals surface area contributed by atoms with E-state index < -0.39 is 0 Å². The van der Waals surface area contributed by atoms with E-state index in [4.69, 9.17) is 10.3 Å². The minimum atomic E-state index is 0.510. The van der Waals surface area contributed by atoms with Crippen molar-refractivity contribution in [2.45, 2.75) is 32.2 Å². The number of hydrogen-bond acceptors (Lipinski definition) is 4. The van der Waals surface area contributed by atoms with Gasteiger partial charge in [-0.2, -0.15) is 0 Å². The molecule has 0 saturated carbocycles. The molecule has 4 nitrogen and oxygen atoms in total. The van der Waals surface area contributed by atoms with Gasteiger partial charge < -0.3 is 15.6 Å². The van der Waals surface area contributed by atoms with E-state index >= 15 is 0 Å². The maximum absolute atomic E-state index is 5.69. The lowest BCUT2D eigenvalue weighted by Gasteiger charge is -2.20. The van der Waals surface area contributed by atoms with Crippen LogP contribution in [0, 0.1) is 6.92 Å². The van der Waals surface area contributed by atoms with Gasteiger partial charge in [-0.05, 0) is 32.9 Å². The van der Waals surface area contributed by atoms with E-state index in [1.807, 2.05) is 6.92 Å². The van der Waals surface area contributed by atoms with Crippen molar-refractivity contribution in [1.29, 1.82) is 0 Å². The average molecular weight is 195 g/mol. The molecule has 4 heteroatoms. The molecular weight excluding hydrogens is 178 g/mol. The van der Waals surface area contributed by atoms with Gasteiger partial charge in [-0.1, -0.05) is 5.16 Å². The molecule has 0 unspecified atom stereocenters. The van der Waals surface area contributed by atoms with Gasteiger partial charge in [0.15, 0.2) is 0 Å². The van der Waals surface area contributed by atoms with Crippen LogP contribution in [0.15, 0.2) is 4.52 Å². The van der Waals surface area contributed by atoms with Crippen LogP contribution in [-0.2, 0) is 6.54 Å². The van der Waals surface area contributed by atoms with Gasteiger partial charge in [-0.25, -0.2) is 0 Å². The van der Waals surface area contributed by atoms with Crippen LogP contribution >= 0.6 is 0 Å². The summed E-state index contributed by atoms with van der Waals surface area (Å²) in [6, 6.07) is 0. The lowest BCUT2D eigenvalue weighted by atomic mass is 9.92. The summed E-state index contributed by atoms with van der Waals surface area (Å²) in [4.78, 5) is 0. The molecule has 1 aliphatic rings. The van der Waals surface area contributed by atoms with Gasteiger partial charge in [0.25, 0.3) is 0 Å². The van der Waals surface area contributed by atoms with Crippen molar-refractivity contribution >= 4 is 0 Å². The molecule has 1 aliphatic heterocycles. The van der Waals surface area contributed by atoms with Crippen molar-refractivity contribution in [3.63, 3.8) is 0 Å². The van der Waals surface area contributed by atoms with Gasteiger partial charge in [-0.3, -0.25) is 0 Å². The molecule has 3 N–H and O–H groups in total. The summed E-state index contributed by atoms with van der Waals surface area (Å²) < 4.78 is 5.37. The third-order valence-corrected chi connectivity index (χ3v) is 2.93. The second-order valence-corrected chi connectivity index (χ2v) is 3.84. The van der Waals surface area contributed by atoms with Crippen molar-refractivity contribution in [3.05, 3.63) is 17.0 Å². The van der Waals surface area contributed by atoms with Crippen LogP contribution in [0.5, 0.6) is 0 Å². The highest BCUT2D eigenvalue weighted by Crippen LogP contribution is 2.29. The third kappa shape index (κ3) is 1.67. The van der Waals surface area contributed by atoms with Crippen molar-refractivity contribution < 1.29 is 4.52 Å². The van der Waals surface area contributed by atoms with Crippen molar-refractivity contribution in [2.24, 2.45) is 5.73 Å².